The lowest BCUT2D eigenvalue weighted by atomic mass is 10.1. The van der Waals surface area contributed by atoms with Crippen LogP contribution in [-0.2, 0) is 27.5 Å². The lowest BCUT2D eigenvalue weighted by molar-refractivity contribution is -0.139. The van der Waals surface area contributed by atoms with Crippen molar-refractivity contribution in [2.45, 2.75) is 19.5 Å². The highest BCUT2D eigenvalue weighted by molar-refractivity contribution is 9.10. The van der Waals surface area contributed by atoms with Gasteiger partial charge in [-0.3, -0.25) is 0 Å². The molecule has 5 rings (SSSR count). The van der Waals surface area contributed by atoms with E-state index >= 15 is 0 Å². The largest absolute Gasteiger partial charge is 0.460 e. The number of hydrogen-bond acceptors (Lipinski definition) is 6. The third kappa shape index (κ3) is 4.49. The SMILES string of the molecule is O=C(C=Cc1ccc2c(c1)OCO2)OCc1cc(Br)cc2c1O[C@@H](c1ccccc1)OC2. The van der Waals surface area contributed by atoms with Gasteiger partial charge in [-0.2, -0.15) is 0 Å². The lowest BCUT2D eigenvalue weighted by Gasteiger charge is -2.28. The first-order chi connectivity index (χ1) is 15.7. The van der Waals surface area contributed by atoms with Gasteiger partial charge in [0, 0.05) is 27.2 Å². The molecule has 162 valence electrons. The normalized spacial score (nSPS) is 16.5. The van der Waals surface area contributed by atoms with Crippen molar-refractivity contribution in [2.75, 3.05) is 6.79 Å². The summed E-state index contributed by atoms with van der Waals surface area (Å²) in [6.45, 7) is 0.687. The molecule has 0 aromatic heterocycles. The number of halogens is 1. The van der Waals surface area contributed by atoms with Crippen LogP contribution in [0, 0.1) is 0 Å². The Labute approximate surface area is 193 Å². The zero-order valence-corrected chi connectivity index (χ0v) is 18.5. The van der Waals surface area contributed by atoms with Gasteiger partial charge in [-0.1, -0.05) is 52.3 Å². The van der Waals surface area contributed by atoms with Crippen molar-refractivity contribution in [3.05, 3.63) is 93.5 Å². The summed E-state index contributed by atoms with van der Waals surface area (Å²) in [7, 11) is 0. The minimum absolute atomic E-state index is 0.0770. The molecular formula is C25H19BrO6. The Balaban J connectivity index is 1.27. The zero-order valence-electron chi connectivity index (χ0n) is 17.0. The molecule has 0 saturated carbocycles. The van der Waals surface area contributed by atoms with E-state index in [1.165, 1.54) is 6.08 Å². The van der Waals surface area contributed by atoms with Gasteiger partial charge in [-0.05, 0) is 35.9 Å². The van der Waals surface area contributed by atoms with Crippen LogP contribution in [0.3, 0.4) is 0 Å². The van der Waals surface area contributed by atoms with Crippen LogP contribution in [0.5, 0.6) is 17.2 Å². The van der Waals surface area contributed by atoms with Crippen LogP contribution in [0.15, 0.2) is 71.2 Å². The monoisotopic (exact) mass is 494 g/mol. The van der Waals surface area contributed by atoms with E-state index in [9.17, 15) is 4.79 Å². The quantitative estimate of drug-likeness (QED) is 0.342. The van der Waals surface area contributed by atoms with E-state index < -0.39 is 12.3 Å². The van der Waals surface area contributed by atoms with Crippen molar-refractivity contribution < 1.29 is 28.5 Å². The number of rotatable bonds is 5. The minimum atomic E-state index is -0.509. The molecule has 32 heavy (non-hydrogen) atoms. The topological polar surface area (TPSA) is 63.2 Å². The number of carbonyl (C=O) groups is 1. The van der Waals surface area contributed by atoms with Gasteiger partial charge in [0.05, 0.1) is 6.61 Å². The summed E-state index contributed by atoms with van der Waals surface area (Å²) in [5, 5.41) is 0. The third-order valence-electron chi connectivity index (χ3n) is 5.07. The Morgan fingerprint density at radius 3 is 2.78 bits per heavy atom. The molecule has 0 aliphatic carbocycles. The van der Waals surface area contributed by atoms with Crippen molar-refractivity contribution in [3.63, 3.8) is 0 Å². The minimum Gasteiger partial charge on any atom is -0.460 e. The Morgan fingerprint density at radius 2 is 1.91 bits per heavy atom. The second-order valence-electron chi connectivity index (χ2n) is 7.28. The first-order valence-corrected chi connectivity index (χ1v) is 10.8. The number of hydrogen-bond donors (Lipinski definition) is 0. The smallest absolute Gasteiger partial charge is 0.331 e. The Kier molecular flexibility index (Phi) is 5.83. The summed E-state index contributed by atoms with van der Waals surface area (Å²) in [5.74, 6) is 1.58. The molecule has 0 spiro atoms. The van der Waals surface area contributed by atoms with Gasteiger partial charge in [0.1, 0.15) is 12.4 Å². The fourth-order valence-corrected chi connectivity index (χ4v) is 4.09. The third-order valence-corrected chi connectivity index (χ3v) is 5.53. The number of fused-ring (bicyclic) bond motifs is 2. The summed E-state index contributed by atoms with van der Waals surface area (Å²) in [6.07, 6.45) is 2.56. The number of benzene rings is 3. The van der Waals surface area contributed by atoms with Gasteiger partial charge >= 0.3 is 5.97 Å². The van der Waals surface area contributed by atoms with Crippen molar-refractivity contribution in [3.8, 4) is 17.2 Å². The van der Waals surface area contributed by atoms with E-state index in [1.807, 2.05) is 60.7 Å². The summed E-state index contributed by atoms with van der Waals surface area (Å²) >= 11 is 3.51. The first-order valence-electron chi connectivity index (χ1n) is 10.0. The Morgan fingerprint density at radius 1 is 1.06 bits per heavy atom. The maximum absolute atomic E-state index is 12.3. The van der Waals surface area contributed by atoms with Gasteiger partial charge in [-0.25, -0.2) is 4.79 Å². The van der Waals surface area contributed by atoms with Gasteiger partial charge in [0.25, 0.3) is 0 Å². The molecule has 0 amide bonds. The molecule has 0 N–H and O–H groups in total. The van der Waals surface area contributed by atoms with E-state index in [0.29, 0.717) is 23.9 Å². The Hall–Kier alpha value is -3.29. The molecule has 7 heteroatoms. The highest BCUT2D eigenvalue weighted by Gasteiger charge is 2.25. The maximum Gasteiger partial charge on any atom is 0.331 e. The highest BCUT2D eigenvalue weighted by atomic mass is 79.9. The average Bonchev–Trinajstić information content (AvgIpc) is 3.29. The molecular weight excluding hydrogens is 476 g/mol. The predicted molar refractivity (Wildman–Crippen MR) is 120 cm³/mol. The standard InChI is InChI=1S/C25H19BrO6/c26-20-11-18(24-19(12-20)14-29-25(32-24)17-4-2-1-3-5-17)13-28-23(27)9-7-16-6-8-21-22(10-16)31-15-30-21/h1-12,25H,13-15H2/t25-/m0/s1. The van der Waals surface area contributed by atoms with E-state index in [0.717, 1.165) is 26.7 Å². The van der Waals surface area contributed by atoms with Crippen LogP contribution < -0.4 is 14.2 Å². The molecule has 3 aromatic carbocycles. The van der Waals surface area contributed by atoms with Crippen molar-refractivity contribution >= 4 is 28.0 Å². The van der Waals surface area contributed by atoms with Crippen LogP contribution in [0.4, 0.5) is 0 Å². The van der Waals surface area contributed by atoms with Crippen LogP contribution in [-0.4, -0.2) is 12.8 Å². The average molecular weight is 495 g/mol. The van der Waals surface area contributed by atoms with Crippen molar-refractivity contribution in [1.29, 1.82) is 0 Å². The molecule has 0 radical (unpaired) electrons. The first kappa shape index (κ1) is 20.6. The van der Waals surface area contributed by atoms with Gasteiger partial charge in [-0.15, -0.1) is 0 Å². The molecule has 6 nitrogen and oxygen atoms in total. The van der Waals surface area contributed by atoms with Crippen molar-refractivity contribution in [1.82, 2.24) is 0 Å². The fourth-order valence-electron chi connectivity index (χ4n) is 3.54. The molecule has 2 aliphatic heterocycles. The lowest BCUT2D eigenvalue weighted by Crippen LogP contribution is -2.19. The summed E-state index contributed by atoms with van der Waals surface area (Å²) in [6, 6.07) is 19.0. The molecule has 3 aromatic rings. The van der Waals surface area contributed by atoms with Crippen LogP contribution in [0.1, 0.15) is 28.5 Å². The van der Waals surface area contributed by atoms with Gasteiger partial charge in [0.2, 0.25) is 13.1 Å². The molecule has 0 unspecified atom stereocenters. The number of esters is 1. The van der Waals surface area contributed by atoms with Crippen molar-refractivity contribution in [2.24, 2.45) is 0 Å². The second-order valence-corrected chi connectivity index (χ2v) is 8.19. The number of ether oxygens (including phenoxy) is 5. The van der Waals surface area contributed by atoms with E-state index in [-0.39, 0.29) is 13.4 Å². The van der Waals surface area contributed by atoms with Crippen LogP contribution in [0.25, 0.3) is 6.08 Å². The van der Waals surface area contributed by atoms with E-state index in [1.54, 1.807) is 6.08 Å². The maximum atomic E-state index is 12.3. The number of carbonyl (C=O) groups excluding carboxylic acids is 1. The summed E-state index contributed by atoms with van der Waals surface area (Å²) in [5.41, 5.74) is 3.41. The molecule has 1 atom stereocenters. The fraction of sp³-hybridized carbons (Fsp3) is 0.160. The van der Waals surface area contributed by atoms with Crippen LogP contribution in [0.2, 0.25) is 0 Å². The van der Waals surface area contributed by atoms with Gasteiger partial charge in [0.15, 0.2) is 11.5 Å². The Bertz CT molecular complexity index is 1170. The molecule has 0 saturated heterocycles. The zero-order chi connectivity index (χ0) is 21.9. The predicted octanol–water partition coefficient (Wildman–Crippen LogP) is 5.54. The van der Waals surface area contributed by atoms with Gasteiger partial charge < -0.3 is 23.7 Å². The molecule has 2 heterocycles. The molecule has 0 bridgehead atoms. The van der Waals surface area contributed by atoms with E-state index in [4.69, 9.17) is 23.7 Å². The van der Waals surface area contributed by atoms with E-state index in [2.05, 4.69) is 15.9 Å². The van der Waals surface area contributed by atoms with Crippen LogP contribution >= 0.6 is 15.9 Å². The second kappa shape index (κ2) is 9.06. The molecule has 0 fully saturated rings. The molecule has 2 aliphatic rings. The summed E-state index contributed by atoms with van der Waals surface area (Å²) in [4.78, 5) is 12.3. The highest BCUT2D eigenvalue weighted by Crippen LogP contribution is 2.38. The summed E-state index contributed by atoms with van der Waals surface area (Å²) < 4.78 is 29.0.